The first-order valence-electron chi connectivity index (χ1n) is 10.9. The van der Waals surface area contributed by atoms with Gasteiger partial charge in [-0.2, -0.15) is 0 Å². The lowest BCUT2D eigenvalue weighted by Crippen LogP contribution is -2.27. The molecule has 0 aliphatic heterocycles. The van der Waals surface area contributed by atoms with Crippen molar-refractivity contribution < 1.29 is 22.7 Å². The third-order valence-electron chi connectivity index (χ3n) is 4.53. The number of anilines is 3. The molecule has 4 rings (SSSR count). The molecular weight excluding hydrogens is 516 g/mol. The summed E-state index contributed by atoms with van der Waals surface area (Å²) >= 11 is 1.11. The van der Waals surface area contributed by atoms with Gasteiger partial charge in [-0.15, -0.1) is 0 Å². The maximum Gasteiger partial charge on any atom is 0.413 e. The number of amides is 1. The Morgan fingerprint density at radius 3 is 2.49 bits per heavy atom. The highest BCUT2D eigenvalue weighted by molar-refractivity contribution is 7.89. The number of benzene rings is 2. The SMILES string of the molecule is CC(C)(C)OC(=O)Nc1nc(-c2ccccc2)c(Oc2cc(Nc3cccc(S(N)(=O)=O)c3)ncn2)s1. The van der Waals surface area contributed by atoms with E-state index in [-0.39, 0.29) is 15.9 Å². The van der Waals surface area contributed by atoms with Gasteiger partial charge in [0, 0.05) is 17.3 Å². The third kappa shape index (κ3) is 7.22. The molecule has 192 valence electrons. The molecule has 2 heterocycles. The number of aromatic nitrogens is 3. The average molecular weight is 541 g/mol. The Morgan fingerprint density at radius 1 is 1.03 bits per heavy atom. The predicted octanol–water partition coefficient (Wildman–Crippen LogP) is 5.13. The van der Waals surface area contributed by atoms with E-state index < -0.39 is 21.7 Å². The molecule has 0 radical (unpaired) electrons. The van der Waals surface area contributed by atoms with E-state index in [0.29, 0.717) is 22.3 Å². The van der Waals surface area contributed by atoms with E-state index in [4.69, 9.17) is 14.6 Å². The summed E-state index contributed by atoms with van der Waals surface area (Å²) in [6, 6.07) is 16.9. The lowest BCUT2D eigenvalue weighted by Gasteiger charge is -2.18. The summed E-state index contributed by atoms with van der Waals surface area (Å²) in [5, 5.41) is 11.5. The second-order valence-electron chi connectivity index (χ2n) is 8.69. The van der Waals surface area contributed by atoms with E-state index in [1.165, 1.54) is 18.5 Å². The van der Waals surface area contributed by atoms with Crippen LogP contribution in [0.25, 0.3) is 11.3 Å². The van der Waals surface area contributed by atoms with Gasteiger partial charge in [0.1, 0.15) is 23.4 Å². The number of primary sulfonamides is 1. The first-order chi connectivity index (χ1) is 17.5. The number of hydrogen-bond donors (Lipinski definition) is 3. The standard InChI is InChI=1S/C24H24N6O5S2/c1-24(2,3)35-23(31)30-22-29-20(15-8-5-4-6-9-15)21(36-22)34-19-13-18(26-14-27-19)28-16-10-7-11-17(12-16)37(25,32)33/h4-14H,1-3H3,(H2,25,32,33)(H,26,27,28)(H,29,30,31). The molecule has 37 heavy (non-hydrogen) atoms. The highest BCUT2D eigenvalue weighted by Crippen LogP contribution is 2.40. The average Bonchev–Trinajstić information content (AvgIpc) is 3.20. The van der Waals surface area contributed by atoms with E-state index in [1.54, 1.807) is 39.0 Å². The number of nitrogens with two attached hydrogens (primary N) is 1. The number of thiazole rings is 1. The monoisotopic (exact) mass is 540 g/mol. The quantitative estimate of drug-likeness (QED) is 0.289. The minimum Gasteiger partial charge on any atom is -0.444 e. The minimum atomic E-state index is -3.86. The van der Waals surface area contributed by atoms with Crippen molar-refractivity contribution in [3.63, 3.8) is 0 Å². The Labute approximate surface area is 217 Å². The van der Waals surface area contributed by atoms with Crippen LogP contribution in [-0.4, -0.2) is 35.1 Å². The highest BCUT2D eigenvalue weighted by atomic mass is 32.2. The molecule has 0 aliphatic carbocycles. The van der Waals surface area contributed by atoms with Gasteiger partial charge in [-0.1, -0.05) is 47.7 Å². The maximum absolute atomic E-state index is 12.3. The molecule has 0 unspecified atom stereocenters. The molecule has 0 fully saturated rings. The van der Waals surface area contributed by atoms with Gasteiger partial charge in [-0.05, 0) is 39.0 Å². The van der Waals surface area contributed by atoms with Crippen molar-refractivity contribution in [2.24, 2.45) is 5.14 Å². The second-order valence-corrected chi connectivity index (χ2v) is 11.2. The van der Waals surface area contributed by atoms with Gasteiger partial charge < -0.3 is 14.8 Å². The zero-order chi connectivity index (χ0) is 26.6. The van der Waals surface area contributed by atoms with Gasteiger partial charge in [-0.3, -0.25) is 5.32 Å². The fourth-order valence-electron chi connectivity index (χ4n) is 3.06. The summed E-state index contributed by atoms with van der Waals surface area (Å²) in [5.74, 6) is 0.555. The molecule has 0 aliphatic rings. The summed E-state index contributed by atoms with van der Waals surface area (Å²) in [6.45, 7) is 5.30. The Kier molecular flexibility index (Phi) is 7.38. The normalized spacial score (nSPS) is 11.6. The van der Waals surface area contributed by atoms with Crippen LogP contribution in [0.3, 0.4) is 0 Å². The van der Waals surface area contributed by atoms with E-state index in [1.807, 2.05) is 30.3 Å². The van der Waals surface area contributed by atoms with Crippen LogP contribution in [0, 0.1) is 0 Å². The van der Waals surface area contributed by atoms with Crippen molar-refractivity contribution >= 4 is 44.1 Å². The number of carbonyl (C=O) groups is 1. The Morgan fingerprint density at radius 2 is 1.78 bits per heavy atom. The van der Waals surface area contributed by atoms with Crippen LogP contribution in [-0.2, 0) is 14.8 Å². The van der Waals surface area contributed by atoms with Crippen LogP contribution in [0.15, 0.2) is 71.9 Å². The van der Waals surface area contributed by atoms with Crippen molar-refractivity contribution in [3.05, 3.63) is 67.0 Å². The number of ether oxygens (including phenoxy) is 2. The van der Waals surface area contributed by atoms with Gasteiger partial charge >= 0.3 is 6.09 Å². The van der Waals surface area contributed by atoms with Crippen LogP contribution in [0.5, 0.6) is 10.9 Å². The summed E-state index contributed by atoms with van der Waals surface area (Å²) in [4.78, 5) is 25.1. The molecule has 0 spiro atoms. The lowest BCUT2D eigenvalue weighted by molar-refractivity contribution is 0.0636. The number of hydrogen-bond acceptors (Lipinski definition) is 10. The van der Waals surface area contributed by atoms with Gasteiger partial charge in [0.25, 0.3) is 0 Å². The number of nitrogens with zero attached hydrogens (tertiary/aromatic N) is 3. The van der Waals surface area contributed by atoms with Crippen molar-refractivity contribution in [1.29, 1.82) is 0 Å². The van der Waals surface area contributed by atoms with Crippen molar-refractivity contribution in [1.82, 2.24) is 15.0 Å². The van der Waals surface area contributed by atoms with Crippen LogP contribution in [0.4, 0.5) is 21.4 Å². The Hall–Kier alpha value is -4.07. The largest absolute Gasteiger partial charge is 0.444 e. The van der Waals surface area contributed by atoms with E-state index in [2.05, 4.69) is 25.6 Å². The molecule has 1 amide bonds. The third-order valence-corrected chi connectivity index (χ3v) is 6.29. The maximum atomic E-state index is 12.3. The van der Waals surface area contributed by atoms with Gasteiger partial charge in [-0.25, -0.2) is 33.3 Å². The van der Waals surface area contributed by atoms with Gasteiger partial charge in [0.2, 0.25) is 21.0 Å². The molecule has 2 aromatic carbocycles. The molecule has 0 bridgehead atoms. The molecule has 0 saturated carbocycles. The number of nitrogens with one attached hydrogen (secondary N) is 2. The second kappa shape index (κ2) is 10.5. The summed E-state index contributed by atoms with van der Waals surface area (Å²) in [7, 11) is -3.86. The minimum absolute atomic E-state index is 0.0368. The van der Waals surface area contributed by atoms with Crippen molar-refractivity contribution in [3.8, 4) is 22.2 Å². The Bertz CT molecular complexity index is 1520. The van der Waals surface area contributed by atoms with Crippen LogP contribution >= 0.6 is 11.3 Å². The predicted molar refractivity (Wildman–Crippen MR) is 141 cm³/mol. The molecule has 0 saturated heterocycles. The Balaban J connectivity index is 1.59. The van der Waals surface area contributed by atoms with Crippen LogP contribution < -0.4 is 20.5 Å². The summed E-state index contributed by atoms with van der Waals surface area (Å²) in [6.07, 6.45) is 0.659. The zero-order valence-corrected chi connectivity index (χ0v) is 21.8. The number of carbonyl (C=O) groups excluding carboxylic acids is 1. The lowest BCUT2D eigenvalue weighted by atomic mass is 10.2. The van der Waals surface area contributed by atoms with Crippen molar-refractivity contribution in [2.45, 2.75) is 31.3 Å². The molecular formula is C24H24N6O5S2. The highest BCUT2D eigenvalue weighted by Gasteiger charge is 2.21. The van der Waals surface area contributed by atoms with Crippen LogP contribution in [0.2, 0.25) is 0 Å². The zero-order valence-electron chi connectivity index (χ0n) is 20.1. The van der Waals surface area contributed by atoms with E-state index >= 15 is 0 Å². The topological polar surface area (TPSA) is 158 Å². The van der Waals surface area contributed by atoms with Gasteiger partial charge in [0.05, 0.1) is 4.90 Å². The van der Waals surface area contributed by atoms with Gasteiger partial charge in [0.15, 0.2) is 5.13 Å². The molecule has 4 N–H and O–H groups in total. The fraction of sp³-hybridized carbons (Fsp3) is 0.167. The molecule has 13 heteroatoms. The first kappa shape index (κ1) is 26.0. The molecule has 0 atom stereocenters. The van der Waals surface area contributed by atoms with E-state index in [0.717, 1.165) is 16.9 Å². The number of sulfonamides is 1. The smallest absolute Gasteiger partial charge is 0.413 e. The molecule has 2 aromatic heterocycles. The summed E-state index contributed by atoms with van der Waals surface area (Å²) < 4.78 is 34.7. The fourth-order valence-corrected chi connectivity index (χ4v) is 4.45. The van der Waals surface area contributed by atoms with E-state index in [9.17, 15) is 13.2 Å². The molecule has 4 aromatic rings. The summed E-state index contributed by atoms with van der Waals surface area (Å²) in [5.41, 5.74) is 1.08. The molecule has 11 nitrogen and oxygen atoms in total. The number of rotatable bonds is 7. The first-order valence-corrected chi connectivity index (χ1v) is 13.3. The van der Waals surface area contributed by atoms with Crippen molar-refractivity contribution in [2.75, 3.05) is 10.6 Å². The van der Waals surface area contributed by atoms with Crippen LogP contribution in [0.1, 0.15) is 20.8 Å².